The van der Waals surface area contributed by atoms with Crippen LogP contribution in [0.25, 0.3) is 0 Å². The van der Waals surface area contributed by atoms with Crippen molar-refractivity contribution in [3.63, 3.8) is 0 Å². The Labute approximate surface area is 168 Å². The van der Waals surface area contributed by atoms with Gasteiger partial charge in [-0.1, -0.05) is 0 Å². The van der Waals surface area contributed by atoms with Crippen LogP contribution in [0.3, 0.4) is 0 Å². The summed E-state index contributed by atoms with van der Waals surface area (Å²) < 4.78 is 1.34. The number of fused-ring (bicyclic) bond motifs is 1. The zero-order valence-corrected chi connectivity index (χ0v) is 21.7. The summed E-state index contributed by atoms with van der Waals surface area (Å²) >= 11 is -2.73. The van der Waals surface area contributed by atoms with Gasteiger partial charge < -0.3 is 0 Å². The summed E-state index contributed by atoms with van der Waals surface area (Å²) in [5.74, 6) is 0.447. The average Bonchev–Trinajstić information content (AvgIpc) is 3.05. The molecule has 0 bridgehead atoms. The molecule has 0 aromatic heterocycles. The van der Waals surface area contributed by atoms with E-state index in [1.807, 2.05) is 0 Å². The third-order valence-corrected chi connectivity index (χ3v) is 13.7. The van der Waals surface area contributed by atoms with Crippen molar-refractivity contribution in [1.82, 2.24) is 0 Å². The van der Waals surface area contributed by atoms with E-state index in [0.717, 1.165) is 12.8 Å². The molecule has 0 aliphatic heterocycles. The van der Waals surface area contributed by atoms with Crippen LogP contribution in [0, 0.1) is 5.92 Å². The topological polar surface area (TPSA) is 0 Å². The number of hydrogen-bond acceptors (Lipinski definition) is 0. The Bertz CT molecular complexity index is 828. The molecular formula is C21H25Cl2HfSi. The summed E-state index contributed by atoms with van der Waals surface area (Å²) in [6, 6.07) is 0. The van der Waals surface area contributed by atoms with Crippen molar-refractivity contribution in [2.45, 2.75) is 46.7 Å². The zero-order chi connectivity index (χ0) is 18.3. The van der Waals surface area contributed by atoms with Crippen LogP contribution >= 0.6 is 17.2 Å². The van der Waals surface area contributed by atoms with E-state index in [-0.39, 0.29) is 0 Å². The molecule has 1 atom stereocenters. The van der Waals surface area contributed by atoms with Crippen molar-refractivity contribution in [1.29, 1.82) is 0 Å². The van der Waals surface area contributed by atoms with Crippen molar-refractivity contribution in [3.05, 3.63) is 67.1 Å². The van der Waals surface area contributed by atoms with Gasteiger partial charge in [-0.25, -0.2) is 0 Å². The number of allylic oxidation sites excluding steroid dienone is 12. The minimum absolute atomic E-state index is 0.447. The molecule has 0 fully saturated rings. The third-order valence-electron chi connectivity index (χ3n) is 5.46. The molecule has 0 heterocycles. The maximum atomic E-state index is 6.68. The number of rotatable bonds is 3. The van der Waals surface area contributed by atoms with Crippen LogP contribution in [0.4, 0.5) is 0 Å². The first-order valence-electron chi connectivity index (χ1n) is 8.97. The Morgan fingerprint density at radius 2 is 1.96 bits per heavy atom. The van der Waals surface area contributed by atoms with Crippen molar-refractivity contribution in [3.8, 4) is 0 Å². The molecule has 4 heteroatoms. The molecule has 0 radical (unpaired) electrons. The summed E-state index contributed by atoms with van der Waals surface area (Å²) in [7, 11) is 12.9. The van der Waals surface area contributed by atoms with E-state index < -0.39 is 27.5 Å². The van der Waals surface area contributed by atoms with E-state index >= 15 is 0 Å². The Hall–Kier alpha value is -0.0230. The first kappa shape index (κ1) is 19.7. The van der Waals surface area contributed by atoms with Crippen LogP contribution in [-0.4, -0.2) is 13.6 Å². The van der Waals surface area contributed by atoms with Crippen LogP contribution in [0.2, 0.25) is 13.1 Å². The summed E-state index contributed by atoms with van der Waals surface area (Å²) in [5, 5.41) is 1.60. The van der Waals surface area contributed by atoms with Gasteiger partial charge in [0.1, 0.15) is 0 Å². The normalized spacial score (nSPS) is 22.8. The predicted octanol–water partition coefficient (Wildman–Crippen LogP) is 6.80. The van der Waals surface area contributed by atoms with Gasteiger partial charge in [0.25, 0.3) is 0 Å². The van der Waals surface area contributed by atoms with E-state index in [2.05, 4.69) is 64.2 Å². The van der Waals surface area contributed by atoms with Gasteiger partial charge in [-0.05, 0) is 0 Å². The summed E-state index contributed by atoms with van der Waals surface area (Å²) in [6.07, 6.45) is 13.5. The van der Waals surface area contributed by atoms with Gasteiger partial charge in [-0.2, -0.15) is 0 Å². The van der Waals surface area contributed by atoms with Crippen LogP contribution in [0.1, 0.15) is 33.6 Å². The molecule has 3 aliphatic carbocycles. The first-order chi connectivity index (χ1) is 11.9. The SMILES string of the molecule is CCC1=[C]([Hf]([Cl])[Cl])C2=CC=CC(=[Si](C)C)C(C)C2=C1C1=C(C)C=CC1. The molecule has 0 aromatic rings. The summed E-state index contributed by atoms with van der Waals surface area (Å²) in [6.45, 7) is 11.7. The minimum atomic E-state index is -2.73. The van der Waals surface area contributed by atoms with Crippen LogP contribution in [0.5, 0.6) is 0 Å². The summed E-state index contributed by atoms with van der Waals surface area (Å²) in [4.78, 5) is 0. The Morgan fingerprint density at radius 1 is 1.24 bits per heavy atom. The van der Waals surface area contributed by atoms with Crippen molar-refractivity contribution in [2.24, 2.45) is 5.92 Å². The van der Waals surface area contributed by atoms with Crippen molar-refractivity contribution in [2.75, 3.05) is 0 Å². The standard InChI is InChI=1S/C21H25Si.2ClH.Hf/c1-6-16-13-17-10-8-12-19(22(4)5)15(3)20(17)21(16)18-11-7-9-14(18)2;;;/h7-10,12,15H,6,11H2,1-5H3;2*1H;/q;;;+2/p-2. The fourth-order valence-electron chi connectivity index (χ4n) is 4.32. The summed E-state index contributed by atoms with van der Waals surface area (Å²) in [5.41, 5.74) is 8.66. The molecule has 0 saturated carbocycles. The van der Waals surface area contributed by atoms with E-state index in [4.69, 9.17) is 17.2 Å². The fraction of sp³-hybridized carbons (Fsp3) is 0.381. The first-order valence-corrected chi connectivity index (χ1v) is 22.2. The van der Waals surface area contributed by atoms with E-state index in [1.54, 1.807) is 5.17 Å². The van der Waals surface area contributed by atoms with Crippen LogP contribution < -0.4 is 0 Å². The fourth-order valence-corrected chi connectivity index (χ4v) is 12.7. The molecule has 0 N–H and O–H groups in total. The second-order valence-electron chi connectivity index (χ2n) is 7.14. The Kier molecular flexibility index (Phi) is 6.25. The molecule has 0 nitrogen and oxygen atoms in total. The van der Waals surface area contributed by atoms with Gasteiger partial charge >= 0.3 is 170 Å². The molecule has 3 rings (SSSR count). The molecule has 25 heavy (non-hydrogen) atoms. The van der Waals surface area contributed by atoms with Crippen LogP contribution in [-0.2, 0) is 19.1 Å². The van der Waals surface area contributed by atoms with Crippen molar-refractivity contribution < 1.29 is 19.1 Å². The van der Waals surface area contributed by atoms with Gasteiger partial charge in [0.2, 0.25) is 0 Å². The van der Waals surface area contributed by atoms with Gasteiger partial charge in [0.05, 0.1) is 0 Å². The quantitative estimate of drug-likeness (QED) is 0.337. The maximum absolute atomic E-state index is 6.68. The molecule has 0 amide bonds. The molecule has 131 valence electrons. The predicted molar refractivity (Wildman–Crippen MR) is 111 cm³/mol. The zero-order valence-electron chi connectivity index (χ0n) is 15.6. The monoisotopic (exact) mass is 555 g/mol. The van der Waals surface area contributed by atoms with Gasteiger partial charge in [0, 0.05) is 0 Å². The molecule has 3 aliphatic rings. The molecule has 1 unspecified atom stereocenters. The van der Waals surface area contributed by atoms with Gasteiger partial charge in [-0.3, -0.25) is 0 Å². The average molecular weight is 555 g/mol. The van der Waals surface area contributed by atoms with Gasteiger partial charge in [0.15, 0.2) is 0 Å². The molecule has 0 saturated heterocycles. The molecular weight excluding hydrogens is 530 g/mol. The third kappa shape index (κ3) is 3.45. The van der Waals surface area contributed by atoms with E-state index in [0.29, 0.717) is 5.92 Å². The Balaban J connectivity index is 2.33. The molecule has 0 spiro atoms. The Morgan fingerprint density at radius 3 is 2.48 bits per heavy atom. The van der Waals surface area contributed by atoms with E-state index in [9.17, 15) is 0 Å². The second-order valence-corrected chi connectivity index (χ2v) is 21.2. The molecule has 0 aromatic carbocycles. The van der Waals surface area contributed by atoms with Gasteiger partial charge in [-0.15, -0.1) is 0 Å². The van der Waals surface area contributed by atoms with Crippen molar-refractivity contribution >= 4 is 30.7 Å². The van der Waals surface area contributed by atoms with Crippen LogP contribution in [0.15, 0.2) is 67.1 Å². The second kappa shape index (κ2) is 7.92. The number of hydrogen-bond donors (Lipinski definition) is 0. The number of halogens is 2. The van der Waals surface area contributed by atoms with E-state index in [1.165, 1.54) is 36.8 Å².